The minimum atomic E-state index is 0.344. The van der Waals surface area contributed by atoms with Gasteiger partial charge in [-0.05, 0) is 79.2 Å². The number of aryl methyl sites for hydroxylation is 2. The fourth-order valence-corrected chi connectivity index (χ4v) is 3.76. The summed E-state index contributed by atoms with van der Waals surface area (Å²) in [4.78, 5) is 0. The number of benzene rings is 2. The van der Waals surface area contributed by atoms with Gasteiger partial charge in [0.15, 0.2) is 0 Å². The van der Waals surface area contributed by atoms with Crippen LogP contribution < -0.4 is 4.74 Å². The number of aliphatic hydroxyl groups excluding tert-OH is 1. The van der Waals surface area contributed by atoms with Crippen molar-refractivity contribution >= 4 is 0 Å². The zero-order valence-electron chi connectivity index (χ0n) is 15.3. The van der Waals surface area contributed by atoms with E-state index in [4.69, 9.17) is 4.74 Å². The van der Waals surface area contributed by atoms with E-state index >= 15 is 0 Å². The van der Waals surface area contributed by atoms with Crippen molar-refractivity contribution in [3.63, 3.8) is 0 Å². The third kappa shape index (κ3) is 5.09. The molecule has 0 radical (unpaired) electrons. The van der Waals surface area contributed by atoms with Crippen LogP contribution in [0.15, 0.2) is 48.5 Å². The lowest BCUT2D eigenvalue weighted by Gasteiger charge is -2.11. The smallest absolute Gasteiger partial charge is 0.119 e. The van der Waals surface area contributed by atoms with Gasteiger partial charge < -0.3 is 9.84 Å². The van der Waals surface area contributed by atoms with Crippen LogP contribution >= 0.6 is 0 Å². The summed E-state index contributed by atoms with van der Waals surface area (Å²) in [7, 11) is 0. The molecule has 1 fully saturated rings. The summed E-state index contributed by atoms with van der Waals surface area (Å²) in [5, 5.41) is 9.30. The molecule has 2 aromatic rings. The molecule has 2 atom stereocenters. The molecular weight excluding hydrogens is 308 g/mol. The highest BCUT2D eigenvalue weighted by Crippen LogP contribution is 2.37. The van der Waals surface area contributed by atoms with Crippen molar-refractivity contribution in [1.82, 2.24) is 0 Å². The van der Waals surface area contributed by atoms with Crippen LogP contribution in [0.5, 0.6) is 5.75 Å². The molecule has 0 aromatic heterocycles. The second-order valence-electron chi connectivity index (χ2n) is 7.29. The van der Waals surface area contributed by atoms with E-state index in [-0.39, 0.29) is 0 Å². The predicted octanol–water partition coefficient (Wildman–Crippen LogP) is 5.14. The van der Waals surface area contributed by atoms with E-state index in [2.05, 4.69) is 55.5 Å². The zero-order chi connectivity index (χ0) is 17.5. The van der Waals surface area contributed by atoms with E-state index in [1.54, 1.807) is 0 Å². The largest absolute Gasteiger partial charge is 0.494 e. The first kappa shape index (κ1) is 18.0. The Kier molecular flexibility index (Phi) is 6.52. The van der Waals surface area contributed by atoms with Gasteiger partial charge in [0, 0.05) is 6.61 Å². The number of aliphatic hydroxyl groups is 1. The number of hydrogen-bond donors (Lipinski definition) is 1. The Labute approximate surface area is 151 Å². The molecule has 0 amide bonds. The van der Waals surface area contributed by atoms with Crippen LogP contribution in [0.3, 0.4) is 0 Å². The molecular formula is C23H30O2. The summed E-state index contributed by atoms with van der Waals surface area (Å²) < 4.78 is 5.63. The maximum atomic E-state index is 9.30. The number of rotatable bonds is 8. The molecule has 25 heavy (non-hydrogen) atoms. The molecule has 1 N–H and O–H groups in total. The van der Waals surface area contributed by atoms with Crippen LogP contribution in [0.25, 0.3) is 0 Å². The molecule has 0 unspecified atom stereocenters. The van der Waals surface area contributed by atoms with Crippen molar-refractivity contribution in [3.8, 4) is 5.75 Å². The molecule has 1 aliphatic carbocycles. The Morgan fingerprint density at radius 2 is 1.56 bits per heavy atom. The van der Waals surface area contributed by atoms with Gasteiger partial charge in [0.05, 0.1) is 6.61 Å². The van der Waals surface area contributed by atoms with Crippen LogP contribution in [-0.4, -0.2) is 18.3 Å². The van der Waals surface area contributed by atoms with Crippen LogP contribution in [0.1, 0.15) is 55.2 Å². The lowest BCUT2D eigenvalue weighted by molar-refractivity contribution is 0.229. The van der Waals surface area contributed by atoms with Crippen molar-refractivity contribution in [2.75, 3.05) is 13.2 Å². The topological polar surface area (TPSA) is 29.5 Å². The summed E-state index contributed by atoms with van der Waals surface area (Å²) in [6.45, 7) is 3.25. The average molecular weight is 338 g/mol. The van der Waals surface area contributed by atoms with Gasteiger partial charge in [-0.1, -0.05) is 43.3 Å². The van der Waals surface area contributed by atoms with Crippen molar-refractivity contribution in [2.24, 2.45) is 5.92 Å². The first-order valence-electron chi connectivity index (χ1n) is 9.70. The Hall–Kier alpha value is -1.80. The minimum Gasteiger partial charge on any atom is -0.494 e. The van der Waals surface area contributed by atoms with E-state index in [1.807, 2.05) is 0 Å². The summed E-state index contributed by atoms with van der Waals surface area (Å²) in [6.07, 6.45) is 6.70. The molecule has 1 saturated carbocycles. The van der Waals surface area contributed by atoms with Crippen LogP contribution in [0.2, 0.25) is 0 Å². The lowest BCUT2D eigenvalue weighted by atomic mass is 9.94. The van der Waals surface area contributed by atoms with E-state index in [0.717, 1.165) is 38.0 Å². The van der Waals surface area contributed by atoms with Gasteiger partial charge in [-0.3, -0.25) is 0 Å². The molecule has 0 saturated heterocycles. The lowest BCUT2D eigenvalue weighted by Crippen LogP contribution is -2.00. The normalized spacial score (nSPS) is 19.9. The highest BCUT2D eigenvalue weighted by atomic mass is 16.5. The molecule has 134 valence electrons. The van der Waals surface area contributed by atoms with E-state index < -0.39 is 0 Å². The highest BCUT2D eigenvalue weighted by molar-refractivity contribution is 5.30. The van der Waals surface area contributed by atoms with Crippen LogP contribution in [-0.2, 0) is 12.8 Å². The van der Waals surface area contributed by atoms with E-state index in [0.29, 0.717) is 18.4 Å². The fraction of sp³-hybridized carbons (Fsp3) is 0.478. The van der Waals surface area contributed by atoms with Gasteiger partial charge in [0.25, 0.3) is 0 Å². The van der Waals surface area contributed by atoms with Gasteiger partial charge in [0.1, 0.15) is 5.75 Å². The molecule has 3 rings (SSSR count). The van der Waals surface area contributed by atoms with Crippen molar-refractivity contribution < 1.29 is 9.84 Å². The second kappa shape index (κ2) is 9.05. The molecule has 0 heterocycles. The summed E-state index contributed by atoms with van der Waals surface area (Å²) >= 11 is 0. The maximum absolute atomic E-state index is 9.30. The Bertz CT molecular complexity index is 630. The maximum Gasteiger partial charge on any atom is 0.119 e. The Morgan fingerprint density at radius 3 is 2.12 bits per heavy atom. The summed E-state index contributed by atoms with van der Waals surface area (Å²) in [5.41, 5.74) is 4.19. The predicted molar refractivity (Wildman–Crippen MR) is 103 cm³/mol. The van der Waals surface area contributed by atoms with Gasteiger partial charge in [-0.2, -0.15) is 0 Å². The van der Waals surface area contributed by atoms with Gasteiger partial charge in [-0.25, -0.2) is 0 Å². The van der Waals surface area contributed by atoms with E-state index in [1.165, 1.54) is 29.5 Å². The molecule has 0 spiro atoms. The third-order valence-corrected chi connectivity index (χ3v) is 5.35. The Morgan fingerprint density at radius 1 is 0.920 bits per heavy atom. The van der Waals surface area contributed by atoms with Gasteiger partial charge in [-0.15, -0.1) is 0 Å². The van der Waals surface area contributed by atoms with Gasteiger partial charge >= 0.3 is 0 Å². The first-order valence-corrected chi connectivity index (χ1v) is 9.70. The monoisotopic (exact) mass is 338 g/mol. The standard InChI is InChI=1S/C23H30O2/c1-2-15-25-23-13-8-19(9-14-23)4-3-18-5-10-21(11-6-18)22-12-7-20(16-22)17-24/h5-6,8-11,13-14,20,22,24H,2-4,7,12,15-17H2,1H3/t20-,22+/m0/s1. The summed E-state index contributed by atoms with van der Waals surface area (Å²) in [5.74, 6) is 2.11. The quantitative estimate of drug-likeness (QED) is 0.722. The van der Waals surface area contributed by atoms with Crippen LogP contribution in [0, 0.1) is 5.92 Å². The average Bonchev–Trinajstić information content (AvgIpc) is 3.15. The molecule has 0 bridgehead atoms. The van der Waals surface area contributed by atoms with Crippen LogP contribution in [0.4, 0.5) is 0 Å². The second-order valence-corrected chi connectivity index (χ2v) is 7.29. The third-order valence-electron chi connectivity index (χ3n) is 5.35. The molecule has 2 nitrogen and oxygen atoms in total. The molecule has 1 aliphatic rings. The van der Waals surface area contributed by atoms with E-state index in [9.17, 15) is 5.11 Å². The van der Waals surface area contributed by atoms with Crippen molar-refractivity contribution in [2.45, 2.75) is 51.4 Å². The minimum absolute atomic E-state index is 0.344. The summed E-state index contributed by atoms with van der Waals surface area (Å²) in [6, 6.07) is 17.6. The Balaban J connectivity index is 1.50. The number of ether oxygens (including phenoxy) is 1. The fourth-order valence-electron chi connectivity index (χ4n) is 3.76. The SMILES string of the molecule is CCCOc1ccc(CCc2ccc([C@@H]3CC[C@H](CO)C3)cc2)cc1. The van der Waals surface area contributed by atoms with Gasteiger partial charge in [0.2, 0.25) is 0 Å². The number of hydrogen-bond acceptors (Lipinski definition) is 2. The zero-order valence-corrected chi connectivity index (χ0v) is 15.3. The van der Waals surface area contributed by atoms with Crippen molar-refractivity contribution in [3.05, 3.63) is 65.2 Å². The molecule has 2 heteroatoms. The van der Waals surface area contributed by atoms with Crippen molar-refractivity contribution in [1.29, 1.82) is 0 Å². The first-order chi connectivity index (χ1) is 12.3. The molecule has 0 aliphatic heterocycles. The highest BCUT2D eigenvalue weighted by Gasteiger charge is 2.24. The molecule has 2 aromatic carbocycles.